The smallest absolute Gasteiger partial charge is 0.319 e. The topological polar surface area (TPSA) is 83.5 Å². The Bertz CT molecular complexity index is 1500. The van der Waals surface area contributed by atoms with Crippen LogP contribution in [0.4, 0.5) is 20.4 Å². The number of benzene rings is 2. The molecular weight excluding hydrogens is 526 g/mol. The van der Waals surface area contributed by atoms with Crippen LogP contribution in [0, 0.1) is 11.6 Å². The average Bonchev–Trinajstić information content (AvgIpc) is 2.95. The number of methoxy groups -OCH3 is 1. The molecule has 5 rings (SSSR count). The molecule has 202 valence electrons. The van der Waals surface area contributed by atoms with Crippen LogP contribution in [0.25, 0.3) is 22.0 Å². The Hall–Kier alpha value is -3.89. The van der Waals surface area contributed by atoms with Crippen molar-refractivity contribution < 1.29 is 18.3 Å². The fourth-order valence-electron chi connectivity index (χ4n) is 4.65. The van der Waals surface area contributed by atoms with E-state index in [9.17, 15) is 9.18 Å². The van der Waals surface area contributed by atoms with Gasteiger partial charge in [0.1, 0.15) is 11.6 Å². The number of piperazine rings is 1. The molecule has 4 aromatic rings. The first-order chi connectivity index (χ1) is 18.8. The number of hydrogen-bond acceptors (Lipinski definition) is 8. The Labute approximate surface area is 229 Å². The average molecular weight is 553 g/mol. The lowest BCUT2D eigenvalue weighted by molar-refractivity contribution is -0.142. The number of aromatic nitrogens is 3. The van der Waals surface area contributed by atoms with Crippen LogP contribution in [0.1, 0.15) is 18.5 Å². The predicted octanol–water partition coefficient (Wildman–Crippen LogP) is 5.09. The third-order valence-corrected chi connectivity index (χ3v) is 7.11. The molecule has 0 aliphatic carbocycles. The molecular formula is C28H27ClF2N6O2. The molecule has 1 N–H and O–H groups in total. The minimum atomic E-state index is -0.474. The Morgan fingerprint density at radius 2 is 1.77 bits per heavy atom. The monoisotopic (exact) mass is 552 g/mol. The maximum absolute atomic E-state index is 15.2. The predicted molar refractivity (Wildman–Crippen MR) is 147 cm³/mol. The third-order valence-electron chi connectivity index (χ3n) is 6.83. The van der Waals surface area contributed by atoms with Gasteiger partial charge in [0.15, 0.2) is 0 Å². The van der Waals surface area contributed by atoms with E-state index < -0.39 is 11.9 Å². The molecule has 0 radical (unpaired) electrons. The van der Waals surface area contributed by atoms with Crippen molar-refractivity contribution >= 4 is 40.1 Å². The summed E-state index contributed by atoms with van der Waals surface area (Å²) >= 11 is 6.49. The second-order valence-electron chi connectivity index (χ2n) is 9.33. The Balaban J connectivity index is 1.39. The molecule has 39 heavy (non-hydrogen) atoms. The van der Waals surface area contributed by atoms with Gasteiger partial charge >= 0.3 is 5.97 Å². The van der Waals surface area contributed by atoms with E-state index in [1.165, 1.54) is 25.4 Å². The molecule has 11 heteroatoms. The summed E-state index contributed by atoms with van der Waals surface area (Å²) in [7, 11) is 1.38. The largest absolute Gasteiger partial charge is 0.468 e. The van der Waals surface area contributed by atoms with E-state index in [2.05, 4.69) is 20.3 Å². The standard InChI is InChI=1S/C28H27ClF2N6O2/c1-17(19-5-3-4-6-23(19)30)35-27-21-11-20(24(31)12-25(21)32-15-22(27)29)18-13-33-28(34-14-18)37-9-7-36(8-10-37)16-26(38)39-2/h3-6,11-15,17H,7-10,16H2,1-2H3,(H,32,35). The SMILES string of the molecule is COC(=O)CN1CCN(c2ncc(-c3cc4c(NC(C)c5ccccc5F)c(Cl)cnc4cc3F)cn2)CC1. The van der Waals surface area contributed by atoms with E-state index >= 15 is 4.39 Å². The van der Waals surface area contributed by atoms with Gasteiger partial charge in [-0.3, -0.25) is 14.7 Å². The molecule has 1 aliphatic rings. The summed E-state index contributed by atoms with van der Waals surface area (Å²) < 4.78 is 34.3. The molecule has 2 aromatic heterocycles. The maximum atomic E-state index is 15.2. The number of pyridine rings is 1. The molecule has 0 spiro atoms. The Morgan fingerprint density at radius 1 is 1.05 bits per heavy atom. The normalized spacial score (nSPS) is 14.8. The highest BCUT2D eigenvalue weighted by Gasteiger charge is 2.22. The van der Waals surface area contributed by atoms with Crippen LogP contribution in [0.15, 0.2) is 55.0 Å². The molecule has 1 atom stereocenters. The van der Waals surface area contributed by atoms with Gasteiger partial charge in [0.25, 0.3) is 0 Å². The number of nitrogens with one attached hydrogen (secondary N) is 1. The van der Waals surface area contributed by atoms with Crippen LogP contribution in [0.2, 0.25) is 5.02 Å². The quantitative estimate of drug-likeness (QED) is 0.317. The Morgan fingerprint density at radius 3 is 2.46 bits per heavy atom. The minimum Gasteiger partial charge on any atom is -0.468 e. The van der Waals surface area contributed by atoms with Crippen LogP contribution in [0.3, 0.4) is 0 Å². The van der Waals surface area contributed by atoms with Crippen LogP contribution in [-0.2, 0) is 9.53 Å². The lowest BCUT2D eigenvalue weighted by atomic mass is 10.0. The molecule has 1 aliphatic heterocycles. The van der Waals surface area contributed by atoms with E-state index in [0.29, 0.717) is 70.4 Å². The van der Waals surface area contributed by atoms with E-state index in [-0.39, 0.29) is 18.3 Å². The minimum absolute atomic E-state index is 0.250. The number of hydrogen-bond donors (Lipinski definition) is 1. The zero-order valence-corrected chi connectivity index (χ0v) is 22.3. The summed E-state index contributed by atoms with van der Waals surface area (Å²) in [6, 6.07) is 9.10. The van der Waals surface area contributed by atoms with Crippen LogP contribution >= 0.6 is 11.6 Å². The second-order valence-corrected chi connectivity index (χ2v) is 9.74. The zero-order chi connectivity index (χ0) is 27.5. The molecule has 2 aromatic carbocycles. The van der Waals surface area contributed by atoms with Crippen molar-refractivity contribution in [3.8, 4) is 11.1 Å². The third kappa shape index (κ3) is 5.76. The molecule has 0 saturated carbocycles. The summed E-state index contributed by atoms with van der Waals surface area (Å²) in [5.74, 6) is -0.541. The summed E-state index contributed by atoms with van der Waals surface area (Å²) in [6.45, 7) is 4.73. The number of rotatable bonds is 7. The number of ether oxygens (including phenoxy) is 1. The van der Waals surface area contributed by atoms with Gasteiger partial charge in [0.2, 0.25) is 5.95 Å². The van der Waals surface area contributed by atoms with E-state index in [4.69, 9.17) is 16.3 Å². The van der Waals surface area contributed by atoms with Gasteiger partial charge in [0.05, 0.1) is 35.9 Å². The van der Waals surface area contributed by atoms with Crippen molar-refractivity contribution in [2.75, 3.05) is 50.1 Å². The van der Waals surface area contributed by atoms with Gasteiger partial charge in [-0.15, -0.1) is 0 Å². The maximum Gasteiger partial charge on any atom is 0.319 e. The molecule has 1 unspecified atom stereocenters. The molecule has 8 nitrogen and oxygen atoms in total. The van der Waals surface area contributed by atoms with Gasteiger partial charge in [0, 0.05) is 72.9 Å². The van der Waals surface area contributed by atoms with Gasteiger partial charge in [-0.1, -0.05) is 29.8 Å². The van der Waals surface area contributed by atoms with E-state index in [1.807, 2.05) is 16.7 Å². The fraction of sp³-hybridized carbons (Fsp3) is 0.286. The van der Waals surface area contributed by atoms with E-state index in [1.54, 1.807) is 36.7 Å². The van der Waals surface area contributed by atoms with Gasteiger partial charge in [-0.25, -0.2) is 18.7 Å². The molecule has 0 amide bonds. The van der Waals surface area contributed by atoms with Crippen LogP contribution < -0.4 is 10.2 Å². The van der Waals surface area contributed by atoms with E-state index in [0.717, 1.165) is 0 Å². The highest BCUT2D eigenvalue weighted by Crippen LogP contribution is 2.36. The summed E-state index contributed by atoms with van der Waals surface area (Å²) in [5, 5.41) is 4.20. The molecule has 1 saturated heterocycles. The molecule has 3 heterocycles. The number of anilines is 2. The first-order valence-corrected chi connectivity index (χ1v) is 12.9. The van der Waals surface area contributed by atoms with Crippen molar-refractivity contribution in [2.45, 2.75) is 13.0 Å². The van der Waals surface area contributed by atoms with Crippen molar-refractivity contribution in [2.24, 2.45) is 0 Å². The van der Waals surface area contributed by atoms with Crippen molar-refractivity contribution in [3.63, 3.8) is 0 Å². The first-order valence-electron chi connectivity index (χ1n) is 12.5. The number of carbonyl (C=O) groups excluding carboxylic acids is 1. The van der Waals surface area contributed by atoms with Crippen LogP contribution in [-0.4, -0.2) is 65.7 Å². The number of fused-ring (bicyclic) bond motifs is 1. The van der Waals surface area contributed by atoms with Gasteiger partial charge in [-0.05, 0) is 19.1 Å². The number of nitrogens with zero attached hydrogens (tertiary/aromatic N) is 5. The first kappa shape index (κ1) is 26.7. The summed E-state index contributed by atoms with van der Waals surface area (Å²) in [4.78, 5) is 28.8. The number of esters is 1. The highest BCUT2D eigenvalue weighted by molar-refractivity contribution is 6.34. The van der Waals surface area contributed by atoms with Gasteiger partial charge < -0.3 is 15.0 Å². The van der Waals surface area contributed by atoms with Crippen molar-refractivity contribution in [1.82, 2.24) is 19.9 Å². The molecule has 1 fully saturated rings. The van der Waals surface area contributed by atoms with Crippen LogP contribution in [0.5, 0.6) is 0 Å². The Kier molecular flexibility index (Phi) is 7.85. The fourth-order valence-corrected chi connectivity index (χ4v) is 4.86. The zero-order valence-electron chi connectivity index (χ0n) is 21.5. The van der Waals surface area contributed by atoms with Gasteiger partial charge in [-0.2, -0.15) is 0 Å². The second kappa shape index (κ2) is 11.5. The van der Waals surface area contributed by atoms with Crippen molar-refractivity contribution in [1.29, 1.82) is 0 Å². The summed E-state index contributed by atoms with van der Waals surface area (Å²) in [5.41, 5.74) is 2.21. The van der Waals surface area contributed by atoms with Crippen molar-refractivity contribution in [3.05, 3.63) is 77.2 Å². The number of carbonyl (C=O) groups is 1. The lowest BCUT2D eigenvalue weighted by Gasteiger charge is -2.33. The highest BCUT2D eigenvalue weighted by atomic mass is 35.5. The summed E-state index contributed by atoms with van der Waals surface area (Å²) in [6.07, 6.45) is 4.61. The molecule has 0 bridgehead atoms. The lowest BCUT2D eigenvalue weighted by Crippen LogP contribution is -2.48. The number of halogens is 3.